The Morgan fingerprint density at radius 1 is 1.19 bits per heavy atom. The van der Waals surface area contributed by atoms with E-state index in [1.807, 2.05) is 24.3 Å². The number of nitrogens with one attached hydrogen (secondary N) is 1. The Bertz CT molecular complexity index is 965. The van der Waals surface area contributed by atoms with Crippen molar-refractivity contribution in [3.63, 3.8) is 0 Å². The molecule has 0 fully saturated rings. The van der Waals surface area contributed by atoms with Gasteiger partial charge in [0.1, 0.15) is 11.3 Å². The third kappa shape index (κ3) is 4.22. The SMILES string of the molecule is COc1ccc(CNC(=O)CN(C)C(=O)c2ccc3c(c2)nnn3C)cc1. The molecule has 0 saturated carbocycles. The Kier molecular flexibility index (Phi) is 5.35. The first-order chi connectivity index (χ1) is 13.0. The molecule has 0 spiro atoms. The van der Waals surface area contributed by atoms with Crippen molar-refractivity contribution >= 4 is 22.8 Å². The van der Waals surface area contributed by atoms with Gasteiger partial charge in [-0.2, -0.15) is 0 Å². The Hall–Kier alpha value is -3.42. The second-order valence-corrected chi connectivity index (χ2v) is 6.20. The van der Waals surface area contributed by atoms with Gasteiger partial charge in [-0.25, -0.2) is 4.68 Å². The van der Waals surface area contributed by atoms with Crippen molar-refractivity contribution < 1.29 is 14.3 Å². The number of hydrogen-bond acceptors (Lipinski definition) is 5. The molecule has 0 unspecified atom stereocenters. The van der Waals surface area contributed by atoms with Gasteiger partial charge in [0, 0.05) is 26.2 Å². The van der Waals surface area contributed by atoms with Gasteiger partial charge in [0.2, 0.25) is 5.91 Å². The van der Waals surface area contributed by atoms with E-state index in [1.165, 1.54) is 4.90 Å². The van der Waals surface area contributed by atoms with Crippen LogP contribution in [0.5, 0.6) is 5.75 Å². The summed E-state index contributed by atoms with van der Waals surface area (Å²) in [6.45, 7) is 0.351. The van der Waals surface area contributed by atoms with Crippen LogP contribution in [0.4, 0.5) is 0 Å². The molecule has 0 aliphatic carbocycles. The smallest absolute Gasteiger partial charge is 0.254 e. The first kappa shape index (κ1) is 18.4. The average Bonchev–Trinajstić information content (AvgIpc) is 3.06. The molecule has 8 heteroatoms. The summed E-state index contributed by atoms with van der Waals surface area (Å²) in [4.78, 5) is 26.1. The van der Waals surface area contributed by atoms with E-state index in [4.69, 9.17) is 4.74 Å². The molecule has 1 aromatic heterocycles. The van der Waals surface area contributed by atoms with Gasteiger partial charge >= 0.3 is 0 Å². The van der Waals surface area contributed by atoms with Gasteiger partial charge in [-0.3, -0.25) is 9.59 Å². The van der Waals surface area contributed by atoms with Crippen molar-refractivity contribution in [3.05, 3.63) is 53.6 Å². The average molecular weight is 367 g/mol. The minimum atomic E-state index is -0.248. The highest BCUT2D eigenvalue weighted by atomic mass is 16.5. The predicted octanol–water partition coefficient (Wildman–Crippen LogP) is 1.37. The molecule has 3 aromatic rings. The first-order valence-electron chi connectivity index (χ1n) is 8.42. The molecule has 0 radical (unpaired) electrons. The van der Waals surface area contributed by atoms with Crippen LogP contribution in [0.1, 0.15) is 15.9 Å². The summed E-state index contributed by atoms with van der Waals surface area (Å²) in [5.74, 6) is 0.278. The molecule has 8 nitrogen and oxygen atoms in total. The number of methoxy groups -OCH3 is 1. The highest BCUT2D eigenvalue weighted by Crippen LogP contribution is 2.14. The highest BCUT2D eigenvalue weighted by molar-refractivity contribution is 5.98. The predicted molar refractivity (Wildman–Crippen MR) is 100 cm³/mol. The number of hydrogen-bond donors (Lipinski definition) is 1. The first-order valence-corrected chi connectivity index (χ1v) is 8.42. The van der Waals surface area contributed by atoms with Gasteiger partial charge in [0.05, 0.1) is 19.2 Å². The lowest BCUT2D eigenvalue weighted by atomic mass is 10.1. The lowest BCUT2D eigenvalue weighted by Gasteiger charge is -2.17. The fourth-order valence-electron chi connectivity index (χ4n) is 2.68. The third-order valence-electron chi connectivity index (χ3n) is 4.23. The van der Waals surface area contributed by atoms with Crippen LogP contribution in [0.15, 0.2) is 42.5 Å². The second-order valence-electron chi connectivity index (χ2n) is 6.20. The van der Waals surface area contributed by atoms with Gasteiger partial charge in [0.15, 0.2) is 0 Å². The maximum Gasteiger partial charge on any atom is 0.254 e. The molecule has 0 aliphatic heterocycles. The summed E-state index contributed by atoms with van der Waals surface area (Å²) in [6.07, 6.45) is 0. The fraction of sp³-hybridized carbons (Fsp3) is 0.263. The molecule has 0 atom stereocenters. The van der Waals surface area contributed by atoms with Gasteiger partial charge in [-0.15, -0.1) is 5.10 Å². The molecule has 0 bridgehead atoms. The Morgan fingerprint density at radius 3 is 2.63 bits per heavy atom. The highest BCUT2D eigenvalue weighted by Gasteiger charge is 2.16. The van der Waals surface area contributed by atoms with Gasteiger partial charge in [-0.05, 0) is 35.9 Å². The Balaban J connectivity index is 1.56. The number of nitrogens with zero attached hydrogens (tertiary/aromatic N) is 4. The summed E-state index contributed by atoms with van der Waals surface area (Å²) in [5, 5.41) is 10.7. The minimum Gasteiger partial charge on any atom is -0.497 e. The van der Waals surface area contributed by atoms with Crippen molar-refractivity contribution in [2.45, 2.75) is 6.54 Å². The molecule has 2 aromatic carbocycles. The Labute approximate surface area is 156 Å². The van der Waals surface area contributed by atoms with E-state index < -0.39 is 0 Å². The van der Waals surface area contributed by atoms with E-state index in [-0.39, 0.29) is 18.4 Å². The summed E-state index contributed by atoms with van der Waals surface area (Å²) >= 11 is 0. The molecule has 0 aliphatic rings. The summed E-state index contributed by atoms with van der Waals surface area (Å²) in [7, 11) is 4.98. The lowest BCUT2D eigenvalue weighted by molar-refractivity contribution is -0.121. The number of likely N-dealkylation sites (N-methyl/N-ethyl adjacent to an activating group) is 1. The number of fused-ring (bicyclic) bond motifs is 1. The summed E-state index contributed by atoms with van der Waals surface area (Å²) in [6, 6.07) is 12.6. The van der Waals surface area contributed by atoms with E-state index in [0.29, 0.717) is 17.6 Å². The topological polar surface area (TPSA) is 89.3 Å². The van der Waals surface area contributed by atoms with Crippen LogP contribution in [-0.2, 0) is 18.4 Å². The molecule has 3 rings (SSSR count). The molecular weight excluding hydrogens is 346 g/mol. The van der Waals surface area contributed by atoms with Crippen LogP contribution in [0.3, 0.4) is 0 Å². The number of aryl methyl sites for hydroxylation is 1. The van der Waals surface area contributed by atoms with Crippen LogP contribution < -0.4 is 10.1 Å². The van der Waals surface area contributed by atoms with Crippen molar-refractivity contribution in [2.75, 3.05) is 20.7 Å². The molecule has 27 heavy (non-hydrogen) atoms. The van der Waals surface area contributed by atoms with E-state index in [9.17, 15) is 9.59 Å². The number of carbonyl (C=O) groups excluding carboxylic acids is 2. The van der Waals surface area contributed by atoms with E-state index in [2.05, 4.69) is 15.6 Å². The van der Waals surface area contributed by atoms with Gasteiger partial charge in [0.25, 0.3) is 5.91 Å². The maximum atomic E-state index is 12.6. The van der Waals surface area contributed by atoms with Crippen molar-refractivity contribution in [2.24, 2.45) is 7.05 Å². The number of aromatic nitrogens is 3. The zero-order valence-corrected chi connectivity index (χ0v) is 15.5. The number of amides is 2. The number of ether oxygens (including phenoxy) is 1. The fourth-order valence-corrected chi connectivity index (χ4v) is 2.68. The maximum absolute atomic E-state index is 12.6. The molecule has 2 amide bonds. The van der Waals surface area contributed by atoms with Crippen molar-refractivity contribution in [1.82, 2.24) is 25.2 Å². The van der Waals surface area contributed by atoms with E-state index in [1.54, 1.807) is 44.1 Å². The summed E-state index contributed by atoms with van der Waals surface area (Å²) < 4.78 is 6.74. The molecule has 0 saturated heterocycles. The quantitative estimate of drug-likeness (QED) is 0.711. The van der Waals surface area contributed by atoms with E-state index in [0.717, 1.165) is 16.8 Å². The Morgan fingerprint density at radius 2 is 1.93 bits per heavy atom. The van der Waals surface area contributed by atoms with E-state index >= 15 is 0 Å². The second kappa shape index (κ2) is 7.86. The molecule has 1 heterocycles. The minimum absolute atomic E-state index is 0.0342. The van der Waals surface area contributed by atoms with Crippen LogP contribution in [0.25, 0.3) is 11.0 Å². The monoisotopic (exact) mass is 367 g/mol. The lowest BCUT2D eigenvalue weighted by Crippen LogP contribution is -2.38. The van der Waals surface area contributed by atoms with Gasteiger partial charge < -0.3 is 15.0 Å². The van der Waals surface area contributed by atoms with Crippen LogP contribution in [-0.4, -0.2) is 52.4 Å². The molecule has 140 valence electrons. The number of carbonyl (C=O) groups is 2. The zero-order valence-electron chi connectivity index (χ0n) is 15.5. The van der Waals surface area contributed by atoms with Crippen LogP contribution in [0, 0.1) is 0 Å². The van der Waals surface area contributed by atoms with Crippen LogP contribution >= 0.6 is 0 Å². The standard InChI is InChI=1S/C19H21N5O3/c1-23(12-18(25)20-11-13-4-7-15(27-3)8-5-13)19(26)14-6-9-17-16(10-14)21-22-24(17)2/h4-10H,11-12H2,1-3H3,(H,20,25). The largest absolute Gasteiger partial charge is 0.497 e. The number of rotatable bonds is 6. The summed E-state index contributed by atoms with van der Waals surface area (Å²) in [5.41, 5.74) is 2.90. The zero-order chi connectivity index (χ0) is 19.4. The molecule has 1 N–H and O–H groups in total. The van der Waals surface area contributed by atoms with Crippen LogP contribution in [0.2, 0.25) is 0 Å². The number of benzene rings is 2. The van der Waals surface area contributed by atoms with Crippen molar-refractivity contribution in [3.8, 4) is 5.75 Å². The third-order valence-corrected chi connectivity index (χ3v) is 4.23. The van der Waals surface area contributed by atoms with Crippen molar-refractivity contribution in [1.29, 1.82) is 0 Å². The van der Waals surface area contributed by atoms with Gasteiger partial charge in [-0.1, -0.05) is 17.3 Å². The molecular formula is C19H21N5O3. The normalized spacial score (nSPS) is 10.6.